The molecule has 5 nitrogen and oxygen atoms in total. The van der Waals surface area contributed by atoms with E-state index in [1.807, 2.05) is 73.7 Å². The van der Waals surface area contributed by atoms with Crippen LogP contribution in [0.1, 0.15) is 12.7 Å². The second kappa shape index (κ2) is 8.40. The van der Waals surface area contributed by atoms with Crippen LogP contribution in [0, 0.1) is 6.92 Å². The molecular formula is C26H22N4OS. The molecule has 0 radical (unpaired) electrons. The number of fused-ring (bicyclic) bond motifs is 1. The Labute approximate surface area is 189 Å². The minimum absolute atomic E-state index is 0.0626. The van der Waals surface area contributed by atoms with Gasteiger partial charge in [0, 0.05) is 11.9 Å². The molecule has 0 bridgehead atoms. The zero-order valence-electron chi connectivity index (χ0n) is 17.9. The molecule has 0 aliphatic heterocycles. The summed E-state index contributed by atoms with van der Waals surface area (Å²) in [6, 6.07) is 25.5. The number of para-hydroxylation sites is 1. The lowest BCUT2D eigenvalue weighted by Crippen LogP contribution is -2.22. The van der Waals surface area contributed by atoms with Gasteiger partial charge in [0.15, 0.2) is 4.80 Å². The fraction of sp³-hybridized carbons (Fsp3) is 0.115. The minimum Gasteiger partial charge on any atom is -0.317 e. The van der Waals surface area contributed by atoms with Crippen LogP contribution in [-0.2, 0) is 6.54 Å². The topological polar surface area (TPSA) is 52.2 Å². The Bertz CT molecular complexity index is 1530. The predicted molar refractivity (Wildman–Crippen MR) is 131 cm³/mol. The van der Waals surface area contributed by atoms with E-state index in [2.05, 4.69) is 34.0 Å². The highest BCUT2D eigenvalue weighted by molar-refractivity contribution is 7.07. The van der Waals surface area contributed by atoms with Crippen molar-refractivity contribution in [3.63, 3.8) is 0 Å². The van der Waals surface area contributed by atoms with Crippen LogP contribution < -0.4 is 10.4 Å². The minimum atomic E-state index is -0.0626. The molecule has 0 spiro atoms. The molecule has 0 amide bonds. The summed E-state index contributed by atoms with van der Waals surface area (Å²) in [5.74, 6) is 0.660. The monoisotopic (exact) mass is 438 g/mol. The standard InChI is InChI=1S/C26H22N4OS/c1-3-29-24(19-9-5-4-6-10-19)17-32-26(29)28-20-13-15-21(16-14-20)30-18(2)27-23-12-8-7-11-22(23)25(30)31/h4-17H,3H2,1-2H3. The fourth-order valence-corrected chi connectivity index (χ4v) is 4.89. The predicted octanol–water partition coefficient (Wildman–Crippen LogP) is 5.48. The van der Waals surface area contributed by atoms with Crippen molar-refractivity contribution in [2.45, 2.75) is 20.4 Å². The van der Waals surface area contributed by atoms with Crippen LogP contribution in [0.5, 0.6) is 0 Å². The van der Waals surface area contributed by atoms with Crippen molar-refractivity contribution >= 4 is 27.9 Å². The van der Waals surface area contributed by atoms with Crippen LogP contribution in [0.4, 0.5) is 5.69 Å². The third kappa shape index (κ3) is 3.59. The van der Waals surface area contributed by atoms with Crippen molar-refractivity contribution in [1.82, 2.24) is 14.1 Å². The zero-order valence-corrected chi connectivity index (χ0v) is 18.7. The molecule has 5 rings (SSSR count). The molecule has 0 fully saturated rings. The van der Waals surface area contributed by atoms with Crippen LogP contribution in [0.15, 0.2) is 94.0 Å². The van der Waals surface area contributed by atoms with Crippen molar-refractivity contribution in [2.24, 2.45) is 4.99 Å². The molecule has 158 valence electrons. The Morgan fingerprint density at radius 1 is 0.938 bits per heavy atom. The SMILES string of the molecule is CCn1c(-c2ccccc2)csc1=Nc1ccc(-n2c(C)nc3ccccc3c2=O)cc1. The van der Waals surface area contributed by atoms with Crippen LogP contribution in [0.2, 0.25) is 0 Å². The number of aryl methyl sites for hydroxylation is 1. The van der Waals surface area contributed by atoms with Gasteiger partial charge in [0.25, 0.3) is 5.56 Å². The molecule has 6 heteroatoms. The van der Waals surface area contributed by atoms with Gasteiger partial charge in [-0.15, -0.1) is 11.3 Å². The Morgan fingerprint density at radius 2 is 1.66 bits per heavy atom. The number of benzene rings is 3. The quantitative estimate of drug-likeness (QED) is 0.373. The first-order valence-corrected chi connectivity index (χ1v) is 11.4. The van der Waals surface area contributed by atoms with Crippen molar-refractivity contribution in [1.29, 1.82) is 0 Å². The van der Waals surface area contributed by atoms with Gasteiger partial charge in [0.1, 0.15) is 5.82 Å². The molecule has 0 unspecified atom stereocenters. The fourth-order valence-electron chi connectivity index (χ4n) is 3.90. The molecule has 0 saturated heterocycles. The van der Waals surface area contributed by atoms with Gasteiger partial charge in [-0.1, -0.05) is 42.5 Å². The molecule has 3 aromatic carbocycles. The van der Waals surface area contributed by atoms with E-state index >= 15 is 0 Å². The maximum Gasteiger partial charge on any atom is 0.265 e. The second-order valence-corrected chi connectivity index (χ2v) is 8.30. The number of hydrogen-bond donors (Lipinski definition) is 0. The van der Waals surface area contributed by atoms with Crippen LogP contribution in [0.25, 0.3) is 27.8 Å². The lowest BCUT2D eigenvalue weighted by atomic mass is 10.2. The number of aromatic nitrogens is 3. The molecule has 2 heterocycles. The highest BCUT2D eigenvalue weighted by Gasteiger charge is 2.10. The summed E-state index contributed by atoms with van der Waals surface area (Å²) < 4.78 is 3.87. The Balaban J connectivity index is 1.55. The third-order valence-electron chi connectivity index (χ3n) is 5.46. The van der Waals surface area contributed by atoms with E-state index in [0.717, 1.165) is 28.4 Å². The highest BCUT2D eigenvalue weighted by atomic mass is 32.1. The highest BCUT2D eigenvalue weighted by Crippen LogP contribution is 2.21. The average molecular weight is 439 g/mol. The van der Waals surface area contributed by atoms with Gasteiger partial charge in [0.05, 0.1) is 28.0 Å². The molecule has 2 aromatic heterocycles. The van der Waals surface area contributed by atoms with E-state index in [0.29, 0.717) is 16.7 Å². The van der Waals surface area contributed by atoms with Gasteiger partial charge in [-0.05, 0) is 55.8 Å². The summed E-state index contributed by atoms with van der Waals surface area (Å²) >= 11 is 1.63. The average Bonchev–Trinajstić information content (AvgIpc) is 3.23. The van der Waals surface area contributed by atoms with Crippen molar-refractivity contribution in [3.05, 3.63) is 105 Å². The van der Waals surface area contributed by atoms with Crippen LogP contribution in [0.3, 0.4) is 0 Å². The molecule has 0 N–H and O–H groups in total. The van der Waals surface area contributed by atoms with Gasteiger partial charge >= 0.3 is 0 Å². The smallest absolute Gasteiger partial charge is 0.265 e. The summed E-state index contributed by atoms with van der Waals surface area (Å²) in [5, 5.41) is 2.76. The lowest BCUT2D eigenvalue weighted by Gasteiger charge is -2.11. The molecule has 0 aliphatic rings. The molecule has 0 saturated carbocycles. The van der Waals surface area contributed by atoms with Crippen molar-refractivity contribution in [3.8, 4) is 16.9 Å². The van der Waals surface area contributed by atoms with E-state index in [1.165, 1.54) is 5.56 Å². The Hall–Kier alpha value is -3.77. The van der Waals surface area contributed by atoms with E-state index in [4.69, 9.17) is 4.99 Å². The summed E-state index contributed by atoms with van der Waals surface area (Å²) in [6.07, 6.45) is 0. The first kappa shape index (κ1) is 20.2. The number of rotatable bonds is 4. The van der Waals surface area contributed by atoms with Gasteiger partial charge in [0.2, 0.25) is 0 Å². The summed E-state index contributed by atoms with van der Waals surface area (Å²) in [4.78, 5) is 23.4. The normalized spacial score (nSPS) is 11.9. The zero-order chi connectivity index (χ0) is 22.1. The molecule has 5 aromatic rings. The van der Waals surface area contributed by atoms with Crippen LogP contribution in [-0.4, -0.2) is 14.1 Å². The van der Waals surface area contributed by atoms with Crippen molar-refractivity contribution in [2.75, 3.05) is 0 Å². The first-order valence-electron chi connectivity index (χ1n) is 10.5. The van der Waals surface area contributed by atoms with Gasteiger partial charge in [-0.25, -0.2) is 9.98 Å². The third-order valence-corrected chi connectivity index (χ3v) is 6.32. The summed E-state index contributed by atoms with van der Waals surface area (Å²) in [6.45, 7) is 4.82. The van der Waals surface area contributed by atoms with E-state index in [1.54, 1.807) is 15.9 Å². The molecule has 0 aliphatic carbocycles. The second-order valence-electron chi connectivity index (χ2n) is 7.46. The van der Waals surface area contributed by atoms with Gasteiger partial charge in [-0.2, -0.15) is 0 Å². The summed E-state index contributed by atoms with van der Waals surface area (Å²) in [5.41, 5.74) is 4.63. The maximum atomic E-state index is 13.0. The first-order chi connectivity index (χ1) is 15.7. The van der Waals surface area contributed by atoms with E-state index in [-0.39, 0.29) is 5.56 Å². The largest absolute Gasteiger partial charge is 0.317 e. The Morgan fingerprint density at radius 3 is 2.41 bits per heavy atom. The number of thiazole rings is 1. The van der Waals surface area contributed by atoms with Crippen molar-refractivity contribution < 1.29 is 0 Å². The number of nitrogens with zero attached hydrogens (tertiary/aromatic N) is 4. The maximum absolute atomic E-state index is 13.0. The van der Waals surface area contributed by atoms with Gasteiger partial charge < -0.3 is 4.57 Å². The van der Waals surface area contributed by atoms with Gasteiger partial charge in [-0.3, -0.25) is 9.36 Å². The van der Waals surface area contributed by atoms with E-state index in [9.17, 15) is 4.79 Å². The molecule has 0 atom stereocenters. The van der Waals surface area contributed by atoms with E-state index < -0.39 is 0 Å². The Kier molecular flexibility index (Phi) is 5.29. The lowest BCUT2D eigenvalue weighted by molar-refractivity contribution is 0.745. The number of hydrogen-bond acceptors (Lipinski definition) is 4. The van der Waals surface area contributed by atoms with Crippen LogP contribution >= 0.6 is 11.3 Å². The summed E-state index contributed by atoms with van der Waals surface area (Å²) in [7, 11) is 0. The molecular weight excluding hydrogens is 416 g/mol. The molecule has 32 heavy (non-hydrogen) atoms.